The number of rotatable bonds is 2. The van der Waals surface area contributed by atoms with Crippen LogP contribution in [-0.4, -0.2) is 17.2 Å². The molecule has 0 radical (unpaired) electrons. The highest BCUT2D eigenvalue weighted by Crippen LogP contribution is 2.18. The number of hydrogen-bond donors (Lipinski definition) is 1. The second-order valence-corrected chi connectivity index (χ2v) is 3.48. The van der Waals surface area contributed by atoms with E-state index in [0.717, 1.165) is 17.2 Å². The van der Waals surface area contributed by atoms with E-state index in [4.69, 9.17) is 0 Å². The second-order valence-electron chi connectivity index (χ2n) is 3.48. The fourth-order valence-corrected chi connectivity index (χ4v) is 1.49. The number of nitrogens with one attached hydrogen (secondary N) is 1. The zero-order chi connectivity index (χ0) is 11.5. The summed E-state index contributed by atoms with van der Waals surface area (Å²) < 4.78 is 0. The standard InChI is InChI=1S/C12H10N2O2/c1-8(16)14-11-2-3-12-10(5-11)4-9(7-15)6-13-12/h2-7H,1H3,(H,14,16). The van der Waals surface area contributed by atoms with Gasteiger partial charge in [-0.25, -0.2) is 0 Å². The lowest BCUT2D eigenvalue weighted by Crippen LogP contribution is -2.05. The van der Waals surface area contributed by atoms with Crippen LogP contribution in [0.2, 0.25) is 0 Å². The van der Waals surface area contributed by atoms with Crippen molar-refractivity contribution in [3.05, 3.63) is 36.0 Å². The predicted octanol–water partition coefficient (Wildman–Crippen LogP) is 2.01. The van der Waals surface area contributed by atoms with Gasteiger partial charge in [-0.05, 0) is 24.3 Å². The normalized spacial score (nSPS) is 10.1. The number of hydrogen-bond acceptors (Lipinski definition) is 3. The average molecular weight is 214 g/mol. The summed E-state index contributed by atoms with van der Waals surface area (Å²) in [5.41, 5.74) is 2.01. The Hall–Kier alpha value is -2.23. The zero-order valence-corrected chi connectivity index (χ0v) is 8.73. The van der Waals surface area contributed by atoms with Crippen molar-refractivity contribution < 1.29 is 9.59 Å². The van der Waals surface area contributed by atoms with Gasteiger partial charge in [-0.1, -0.05) is 0 Å². The summed E-state index contributed by atoms with van der Waals surface area (Å²) in [5, 5.41) is 3.51. The van der Waals surface area contributed by atoms with Crippen LogP contribution in [0.15, 0.2) is 30.5 Å². The molecule has 0 spiro atoms. The van der Waals surface area contributed by atoms with E-state index >= 15 is 0 Å². The SMILES string of the molecule is CC(=O)Nc1ccc2ncc(C=O)cc2c1. The number of pyridine rings is 1. The van der Waals surface area contributed by atoms with Gasteiger partial charge < -0.3 is 5.32 Å². The number of anilines is 1. The fraction of sp³-hybridized carbons (Fsp3) is 0.0833. The van der Waals surface area contributed by atoms with Crippen molar-refractivity contribution in [2.24, 2.45) is 0 Å². The maximum absolute atomic E-state index is 10.9. The lowest BCUT2D eigenvalue weighted by molar-refractivity contribution is -0.114. The molecule has 2 aromatic rings. The molecule has 0 unspecified atom stereocenters. The van der Waals surface area contributed by atoms with Crippen LogP contribution in [0.5, 0.6) is 0 Å². The Morgan fingerprint density at radius 2 is 2.19 bits per heavy atom. The Bertz CT molecular complexity index is 564. The first-order chi connectivity index (χ1) is 7.69. The number of nitrogens with zero attached hydrogens (tertiary/aromatic N) is 1. The molecule has 16 heavy (non-hydrogen) atoms. The minimum absolute atomic E-state index is 0.126. The summed E-state index contributed by atoms with van der Waals surface area (Å²) in [6, 6.07) is 7.10. The predicted molar refractivity (Wildman–Crippen MR) is 61.4 cm³/mol. The highest BCUT2D eigenvalue weighted by Gasteiger charge is 2.00. The lowest BCUT2D eigenvalue weighted by atomic mass is 10.1. The molecule has 1 heterocycles. The van der Waals surface area contributed by atoms with E-state index in [9.17, 15) is 9.59 Å². The van der Waals surface area contributed by atoms with Crippen molar-refractivity contribution in [2.45, 2.75) is 6.92 Å². The first kappa shape index (κ1) is 10.3. The molecule has 1 amide bonds. The van der Waals surface area contributed by atoms with Gasteiger partial charge in [-0.3, -0.25) is 14.6 Å². The molecule has 2 rings (SSSR count). The maximum atomic E-state index is 10.9. The molecular formula is C12H10N2O2. The van der Waals surface area contributed by atoms with E-state index in [2.05, 4.69) is 10.3 Å². The van der Waals surface area contributed by atoms with Gasteiger partial charge in [-0.2, -0.15) is 0 Å². The van der Waals surface area contributed by atoms with Gasteiger partial charge in [0.2, 0.25) is 5.91 Å². The molecule has 0 atom stereocenters. The highest BCUT2D eigenvalue weighted by molar-refractivity contribution is 5.93. The molecule has 0 saturated carbocycles. The number of carbonyl (C=O) groups is 2. The molecule has 0 saturated heterocycles. The van der Waals surface area contributed by atoms with Crippen LogP contribution >= 0.6 is 0 Å². The molecule has 1 N–H and O–H groups in total. The quantitative estimate of drug-likeness (QED) is 0.778. The molecule has 4 nitrogen and oxygen atoms in total. The molecular weight excluding hydrogens is 204 g/mol. The van der Waals surface area contributed by atoms with Crippen LogP contribution in [0, 0.1) is 0 Å². The van der Waals surface area contributed by atoms with Gasteiger partial charge in [0, 0.05) is 29.8 Å². The maximum Gasteiger partial charge on any atom is 0.221 e. The van der Waals surface area contributed by atoms with E-state index in [1.165, 1.54) is 13.1 Å². The highest BCUT2D eigenvalue weighted by atomic mass is 16.1. The van der Waals surface area contributed by atoms with Gasteiger partial charge >= 0.3 is 0 Å². The molecule has 0 fully saturated rings. The van der Waals surface area contributed by atoms with Crippen LogP contribution in [0.4, 0.5) is 5.69 Å². The molecule has 0 bridgehead atoms. The number of benzene rings is 1. The smallest absolute Gasteiger partial charge is 0.221 e. The molecule has 1 aromatic carbocycles. The number of fused-ring (bicyclic) bond motifs is 1. The van der Waals surface area contributed by atoms with Crippen LogP contribution in [0.3, 0.4) is 0 Å². The Morgan fingerprint density at radius 1 is 1.38 bits per heavy atom. The Kier molecular flexibility index (Phi) is 2.64. The van der Waals surface area contributed by atoms with Crippen molar-refractivity contribution in [3.63, 3.8) is 0 Å². The average Bonchev–Trinajstić information content (AvgIpc) is 2.27. The first-order valence-corrected chi connectivity index (χ1v) is 4.81. The Balaban J connectivity index is 2.50. The number of amides is 1. The van der Waals surface area contributed by atoms with E-state index in [0.29, 0.717) is 11.3 Å². The van der Waals surface area contributed by atoms with E-state index in [-0.39, 0.29) is 5.91 Å². The fourth-order valence-electron chi connectivity index (χ4n) is 1.49. The third-order valence-corrected chi connectivity index (χ3v) is 2.16. The van der Waals surface area contributed by atoms with Crippen LogP contribution in [0.1, 0.15) is 17.3 Å². The summed E-state index contributed by atoms with van der Waals surface area (Å²) in [7, 11) is 0. The number of aromatic nitrogens is 1. The summed E-state index contributed by atoms with van der Waals surface area (Å²) in [6.07, 6.45) is 2.27. The van der Waals surface area contributed by atoms with Gasteiger partial charge in [0.25, 0.3) is 0 Å². The third-order valence-electron chi connectivity index (χ3n) is 2.16. The van der Waals surface area contributed by atoms with Gasteiger partial charge in [0.05, 0.1) is 5.52 Å². The molecule has 4 heteroatoms. The van der Waals surface area contributed by atoms with Crippen molar-refractivity contribution in [1.29, 1.82) is 0 Å². The van der Waals surface area contributed by atoms with Crippen molar-refractivity contribution in [3.8, 4) is 0 Å². The minimum atomic E-state index is -0.126. The molecule has 0 aliphatic heterocycles. The summed E-state index contributed by atoms with van der Waals surface area (Å²) in [4.78, 5) is 25.6. The van der Waals surface area contributed by atoms with Crippen molar-refractivity contribution >= 4 is 28.8 Å². The summed E-state index contributed by atoms with van der Waals surface area (Å²) in [6.45, 7) is 1.45. The summed E-state index contributed by atoms with van der Waals surface area (Å²) in [5.74, 6) is -0.126. The van der Waals surface area contributed by atoms with Crippen molar-refractivity contribution in [1.82, 2.24) is 4.98 Å². The van der Waals surface area contributed by atoms with Crippen LogP contribution in [-0.2, 0) is 4.79 Å². The topological polar surface area (TPSA) is 59.1 Å². The largest absolute Gasteiger partial charge is 0.326 e. The van der Waals surface area contributed by atoms with Crippen LogP contribution < -0.4 is 5.32 Å². The molecule has 80 valence electrons. The van der Waals surface area contributed by atoms with E-state index < -0.39 is 0 Å². The summed E-state index contributed by atoms with van der Waals surface area (Å²) >= 11 is 0. The molecule has 0 aliphatic carbocycles. The molecule has 1 aromatic heterocycles. The monoisotopic (exact) mass is 214 g/mol. The van der Waals surface area contributed by atoms with Gasteiger partial charge in [0.15, 0.2) is 6.29 Å². The Labute approximate surface area is 92.3 Å². The number of carbonyl (C=O) groups excluding carboxylic acids is 2. The number of aldehydes is 1. The van der Waals surface area contributed by atoms with E-state index in [1.807, 2.05) is 0 Å². The van der Waals surface area contributed by atoms with E-state index in [1.54, 1.807) is 24.3 Å². The second kappa shape index (κ2) is 4.10. The molecule has 0 aliphatic rings. The van der Waals surface area contributed by atoms with Crippen molar-refractivity contribution in [2.75, 3.05) is 5.32 Å². The zero-order valence-electron chi connectivity index (χ0n) is 8.73. The van der Waals surface area contributed by atoms with Gasteiger partial charge in [-0.15, -0.1) is 0 Å². The van der Waals surface area contributed by atoms with Crippen LogP contribution in [0.25, 0.3) is 10.9 Å². The Morgan fingerprint density at radius 3 is 2.88 bits per heavy atom. The lowest BCUT2D eigenvalue weighted by Gasteiger charge is -2.03. The minimum Gasteiger partial charge on any atom is -0.326 e. The first-order valence-electron chi connectivity index (χ1n) is 4.81. The van der Waals surface area contributed by atoms with Gasteiger partial charge in [0.1, 0.15) is 0 Å². The third kappa shape index (κ3) is 2.06.